The van der Waals surface area contributed by atoms with Gasteiger partial charge in [0, 0.05) is 29.3 Å². The van der Waals surface area contributed by atoms with Gasteiger partial charge in [-0.15, -0.1) is 0 Å². The van der Waals surface area contributed by atoms with Crippen molar-refractivity contribution < 1.29 is 24.1 Å². The summed E-state index contributed by atoms with van der Waals surface area (Å²) < 4.78 is 21.2. The maximum atomic E-state index is 10.2. The molecule has 136 valence electrons. The molecule has 0 aliphatic rings. The highest BCUT2D eigenvalue weighted by Gasteiger charge is 2.14. The first-order chi connectivity index (χ1) is 12.6. The maximum Gasteiger partial charge on any atom is 0.203 e. The van der Waals surface area contributed by atoms with Crippen LogP contribution in [0.4, 0.5) is 5.69 Å². The Hall–Kier alpha value is -3.35. The molecule has 0 amide bonds. The minimum absolute atomic E-state index is 0.0319. The zero-order chi connectivity index (χ0) is 18.7. The molecule has 0 unspecified atom stereocenters. The van der Waals surface area contributed by atoms with E-state index in [0.717, 1.165) is 10.9 Å². The number of methoxy groups -OCH3 is 4. The van der Waals surface area contributed by atoms with Crippen molar-refractivity contribution in [2.45, 2.75) is 0 Å². The number of nitrogens with zero attached hydrogens (tertiary/aromatic N) is 1. The van der Waals surface area contributed by atoms with Crippen LogP contribution in [-0.4, -0.2) is 44.7 Å². The summed E-state index contributed by atoms with van der Waals surface area (Å²) in [6.07, 6.45) is 1.58. The van der Waals surface area contributed by atoms with Crippen molar-refractivity contribution in [2.24, 2.45) is 4.99 Å². The molecule has 0 radical (unpaired) electrons. The van der Waals surface area contributed by atoms with Crippen molar-refractivity contribution in [1.29, 1.82) is 0 Å². The summed E-state index contributed by atoms with van der Waals surface area (Å²) >= 11 is 0. The predicted octanol–water partition coefficient (Wildman–Crippen LogP) is 3.66. The number of hydrogen-bond acceptors (Lipinski definition) is 6. The van der Waals surface area contributed by atoms with Crippen molar-refractivity contribution in [1.82, 2.24) is 4.98 Å². The van der Waals surface area contributed by atoms with E-state index in [9.17, 15) is 5.11 Å². The molecule has 26 heavy (non-hydrogen) atoms. The Morgan fingerprint density at radius 2 is 1.62 bits per heavy atom. The molecule has 0 spiro atoms. The molecule has 1 aromatic heterocycles. The molecule has 0 saturated heterocycles. The fraction of sp³-hybridized carbons (Fsp3) is 0.211. The fourth-order valence-electron chi connectivity index (χ4n) is 2.72. The Balaban J connectivity index is 2.05. The number of aliphatic imine (C=N–C) groups is 1. The van der Waals surface area contributed by atoms with E-state index in [-0.39, 0.29) is 5.88 Å². The quantitative estimate of drug-likeness (QED) is 0.659. The third-order valence-corrected chi connectivity index (χ3v) is 4.02. The molecular weight excluding hydrogens is 336 g/mol. The lowest BCUT2D eigenvalue weighted by molar-refractivity contribution is 0.324. The highest BCUT2D eigenvalue weighted by atomic mass is 16.5. The molecule has 0 aliphatic heterocycles. The van der Waals surface area contributed by atoms with Crippen LogP contribution in [0.25, 0.3) is 10.9 Å². The van der Waals surface area contributed by atoms with E-state index in [2.05, 4.69) is 9.98 Å². The second-order valence-electron chi connectivity index (χ2n) is 5.44. The topological polar surface area (TPSA) is 85.3 Å². The highest BCUT2D eigenvalue weighted by molar-refractivity contribution is 6.03. The van der Waals surface area contributed by atoms with E-state index in [1.165, 1.54) is 0 Å². The van der Waals surface area contributed by atoms with Gasteiger partial charge in [0.05, 0.1) is 39.7 Å². The average molecular weight is 356 g/mol. The molecule has 1 heterocycles. The number of fused-ring (bicyclic) bond motifs is 1. The van der Waals surface area contributed by atoms with Gasteiger partial charge in [-0.05, 0) is 18.2 Å². The molecule has 7 heteroatoms. The van der Waals surface area contributed by atoms with Gasteiger partial charge in [-0.3, -0.25) is 4.99 Å². The molecule has 7 nitrogen and oxygen atoms in total. The van der Waals surface area contributed by atoms with E-state index < -0.39 is 0 Å². The van der Waals surface area contributed by atoms with Gasteiger partial charge in [0.1, 0.15) is 5.75 Å². The van der Waals surface area contributed by atoms with Crippen molar-refractivity contribution >= 4 is 22.8 Å². The summed E-state index contributed by atoms with van der Waals surface area (Å²) in [6, 6.07) is 8.94. The third-order valence-electron chi connectivity index (χ3n) is 4.02. The highest BCUT2D eigenvalue weighted by Crippen LogP contribution is 2.41. The minimum Gasteiger partial charge on any atom is -0.497 e. The number of hydrogen-bond donors (Lipinski definition) is 2. The number of rotatable bonds is 6. The zero-order valence-corrected chi connectivity index (χ0v) is 15.0. The van der Waals surface area contributed by atoms with Gasteiger partial charge in [0.25, 0.3) is 0 Å². The van der Waals surface area contributed by atoms with Gasteiger partial charge in [-0.1, -0.05) is 0 Å². The lowest BCUT2D eigenvalue weighted by atomic mass is 10.1. The molecule has 0 aliphatic carbocycles. The number of aromatic nitrogens is 1. The zero-order valence-electron chi connectivity index (χ0n) is 15.0. The van der Waals surface area contributed by atoms with Crippen LogP contribution in [0, 0.1) is 0 Å². The molecule has 0 atom stereocenters. The summed E-state index contributed by atoms with van der Waals surface area (Å²) in [7, 11) is 6.23. The first kappa shape index (κ1) is 17.5. The van der Waals surface area contributed by atoms with Crippen LogP contribution >= 0.6 is 0 Å². The van der Waals surface area contributed by atoms with Crippen LogP contribution < -0.4 is 18.9 Å². The van der Waals surface area contributed by atoms with E-state index in [1.54, 1.807) is 46.8 Å². The number of nitrogens with one attached hydrogen (secondary N) is 1. The van der Waals surface area contributed by atoms with E-state index in [4.69, 9.17) is 18.9 Å². The average Bonchev–Trinajstić information content (AvgIpc) is 2.99. The van der Waals surface area contributed by atoms with Gasteiger partial charge >= 0.3 is 0 Å². The van der Waals surface area contributed by atoms with Crippen LogP contribution in [0.3, 0.4) is 0 Å². The standard InChI is InChI=1S/C19H20N2O5/c1-23-12-5-6-15-13(9-12)14(19(22)21-15)10-20-11-7-16(24-2)18(26-4)17(8-11)25-3/h5-10,21-22H,1-4H3. The second-order valence-corrected chi connectivity index (χ2v) is 5.44. The van der Waals surface area contributed by atoms with E-state index >= 15 is 0 Å². The van der Waals surface area contributed by atoms with Crippen molar-refractivity contribution in [2.75, 3.05) is 28.4 Å². The lowest BCUT2D eigenvalue weighted by Gasteiger charge is -2.12. The summed E-state index contributed by atoms with van der Waals surface area (Å²) in [5, 5.41) is 11.0. The molecule has 2 aromatic carbocycles. The fourth-order valence-corrected chi connectivity index (χ4v) is 2.72. The first-order valence-corrected chi connectivity index (χ1v) is 7.84. The molecular formula is C19H20N2O5. The first-order valence-electron chi connectivity index (χ1n) is 7.84. The van der Waals surface area contributed by atoms with Crippen molar-refractivity contribution in [3.63, 3.8) is 0 Å². The van der Waals surface area contributed by atoms with Crippen LogP contribution in [0.2, 0.25) is 0 Å². The molecule has 3 rings (SSSR count). The van der Waals surface area contributed by atoms with Gasteiger partial charge in [0.15, 0.2) is 17.4 Å². The van der Waals surface area contributed by atoms with Crippen LogP contribution in [0.1, 0.15) is 5.56 Å². The predicted molar refractivity (Wildman–Crippen MR) is 99.9 cm³/mol. The number of benzene rings is 2. The molecule has 0 bridgehead atoms. The second kappa shape index (κ2) is 7.26. The summed E-state index contributed by atoms with van der Waals surface area (Å²) in [4.78, 5) is 7.36. The molecule has 3 aromatic rings. The minimum atomic E-state index is 0.0319. The lowest BCUT2D eigenvalue weighted by Crippen LogP contribution is -1.94. The van der Waals surface area contributed by atoms with Gasteiger partial charge in [-0.2, -0.15) is 0 Å². The molecule has 0 fully saturated rings. The van der Waals surface area contributed by atoms with E-state index in [0.29, 0.717) is 34.2 Å². The Morgan fingerprint density at radius 3 is 2.19 bits per heavy atom. The number of ether oxygens (including phenoxy) is 4. The number of aromatic amines is 1. The number of aromatic hydroxyl groups is 1. The van der Waals surface area contributed by atoms with Crippen molar-refractivity contribution in [3.8, 4) is 28.9 Å². The normalized spacial score (nSPS) is 11.1. The monoisotopic (exact) mass is 356 g/mol. The van der Waals surface area contributed by atoms with Crippen LogP contribution in [0.5, 0.6) is 28.9 Å². The van der Waals surface area contributed by atoms with Crippen LogP contribution in [-0.2, 0) is 0 Å². The van der Waals surface area contributed by atoms with Crippen LogP contribution in [0.15, 0.2) is 35.3 Å². The van der Waals surface area contributed by atoms with Gasteiger partial charge in [-0.25, -0.2) is 0 Å². The van der Waals surface area contributed by atoms with Crippen molar-refractivity contribution in [3.05, 3.63) is 35.9 Å². The Kier molecular flexibility index (Phi) is 4.88. The number of H-pyrrole nitrogens is 1. The van der Waals surface area contributed by atoms with Gasteiger partial charge < -0.3 is 29.0 Å². The summed E-state index contributed by atoms with van der Waals surface area (Å²) in [5.41, 5.74) is 1.94. The van der Waals surface area contributed by atoms with Gasteiger partial charge in [0.2, 0.25) is 5.75 Å². The Morgan fingerprint density at radius 1 is 0.923 bits per heavy atom. The Labute approximate surface area is 150 Å². The molecule has 2 N–H and O–H groups in total. The third kappa shape index (κ3) is 3.11. The summed E-state index contributed by atoms with van der Waals surface area (Å²) in [6.45, 7) is 0. The SMILES string of the molecule is COc1ccc2[nH]c(O)c(C=Nc3cc(OC)c(OC)c(OC)c3)c2c1. The maximum absolute atomic E-state index is 10.2. The largest absolute Gasteiger partial charge is 0.497 e. The Bertz CT molecular complexity index is 937. The van der Waals surface area contributed by atoms with E-state index in [1.807, 2.05) is 18.2 Å². The molecule has 0 saturated carbocycles. The smallest absolute Gasteiger partial charge is 0.203 e. The summed E-state index contributed by atoms with van der Waals surface area (Å²) in [5.74, 6) is 2.23.